The molecule has 0 aromatic heterocycles. The zero-order valence-electron chi connectivity index (χ0n) is 12.9. The molecule has 0 unspecified atom stereocenters. The standard InChI is InChI=1S/C17H17ClN2O3/c1-11(21)20-15-6-3-12(4-7-15)17(22)19-10-13-9-14(18)5-8-16(13)23-2/h3-9H,10H2,1-2H3,(H,19,22)(H,20,21). The van der Waals surface area contributed by atoms with Crippen LogP contribution in [0.5, 0.6) is 5.75 Å². The van der Waals surface area contributed by atoms with Crippen LogP contribution in [0.2, 0.25) is 5.02 Å². The van der Waals surface area contributed by atoms with Crippen molar-refractivity contribution in [1.82, 2.24) is 5.32 Å². The molecule has 0 radical (unpaired) electrons. The SMILES string of the molecule is COc1ccc(Cl)cc1CNC(=O)c1ccc(NC(C)=O)cc1. The first kappa shape index (κ1) is 16.8. The van der Waals surface area contributed by atoms with Crippen LogP contribution in [-0.2, 0) is 11.3 Å². The van der Waals surface area contributed by atoms with Crippen molar-refractivity contribution in [1.29, 1.82) is 0 Å². The Kier molecular flexibility index (Phi) is 5.60. The van der Waals surface area contributed by atoms with Gasteiger partial charge in [-0.2, -0.15) is 0 Å². The summed E-state index contributed by atoms with van der Waals surface area (Å²) in [5, 5.41) is 6.04. The second-order valence-corrected chi connectivity index (χ2v) is 5.33. The molecule has 0 atom stereocenters. The van der Waals surface area contributed by atoms with Crippen LogP contribution < -0.4 is 15.4 Å². The first-order valence-electron chi connectivity index (χ1n) is 6.98. The fourth-order valence-electron chi connectivity index (χ4n) is 2.07. The summed E-state index contributed by atoms with van der Waals surface area (Å²) in [6, 6.07) is 11.9. The van der Waals surface area contributed by atoms with Crippen molar-refractivity contribution in [3.63, 3.8) is 0 Å². The van der Waals surface area contributed by atoms with E-state index in [1.165, 1.54) is 6.92 Å². The highest BCUT2D eigenvalue weighted by molar-refractivity contribution is 6.30. The highest BCUT2D eigenvalue weighted by Gasteiger charge is 2.08. The van der Waals surface area contributed by atoms with E-state index in [1.807, 2.05) is 0 Å². The van der Waals surface area contributed by atoms with Gasteiger partial charge in [0.1, 0.15) is 5.75 Å². The molecule has 120 valence electrons. The second-order valence-electron chi connectivity index (χ2n) is 4.90. The largest absolute Gasteiger partial charge is 0.496 e. The number of carbonyl (C=O) groups excluding carboxylic acids is 2. The molecular formula is C17H17ClN2O3. The van der Waals surface area contributed by atoms with Gasteiger partial charge in [0.05, 0.1) is 7.11 Å². The monoisotopic (exact) mass is 332 g/mol. The van der Waals surface area contributed by atoms with Crippen molar-refractivity contribution in [2.75, 3.05) is 12.4 Å². The summed E-state index contributed by atoms with van der Waals surface area (Å²) in [5.74, 6) is 0.285. The molecule has 0 saturated heterocycles. The number of benzene rings is 2. The number of amides is 2. The van der Waals surface area contributed by atoms with Gasteiger partial charge in [-0.15, -0.1) is 0 Å². The maximum atomic E-state index is 12.2. The molecule has 2 amide bonds. The normalized spacial score (nSPS) is 10.0. The average molecular weight is 333 g/mol. The zero-order valence-corrected chi connectivity index (χ0v) is 13.6. The maximum Gasteiger partial charge on any atom is 0.251 e. The summed E-state index contributed by atoms with van der Waals surface area (Å²) >= 11 is 5.96. The van der Waals surface area contributed by atoms with Crippen LogP contribution in [0.15, 0.2) is 42.5 Å². The van der Waals surface area contributed by atoms with Crippen LogP contribution in [0.1, 0.15) is 22.8 Å². The minimum absolute atomic E-state index is 0.157. The van der Waals surface area contributed by atoms with E-state index < -0.39 is 0 Å². The molecule has 6 heteroatoms. The smallest absolute Gasteiger partial charge is 0.251 e. The molecule has 2 aromatic carbocycles. The molecule has 0 saturated carbocycles. The molecule has 0 bridgehead atoms. The van der Waals surface area contributed by atoms with E-state index in [0.29, 0.717) is 28.6 Å². The molecule has 2 rings (SSSR count). The Morgan fingerprint density at radius 3 is 2.43 bits per heavy atom. The number of ether oxygens (including phenoxy) is 1. The Bertz CT molecular complexity index is 714. The van der Waals surface area contributed by atoms with Crippen LogP contribution in [0.3, 0.4) is 0 Å². The Labute approximate surface area is 139 Å². The van der Waals surface area contributed by atoms with Crippen LogP contribution >= 0.6 is 11.6 Å². The topological polar surface area (TPSA) is 67.4 Å². The number of carbonyl (C=O) groups is 2. The van der Waals surface area contributed by atoms with E-state index in [-0.39, 0.29) is 11.8 Å². The van der Waals surface area contributed by atoms with Crippen LogP contribution in [0.25, 0.3) is 0 Å². The fourth-order valence-corrected chi connectivity index (χ4v) is 2.27. The highest BCUT2D eigenvalue weighted by atomic mass is 35.5. The quantitative estimate of drug-likeness (QED) is 0.883. The lowest BCUT2D eigenvalue weighted by Crippen LogP contribution is -2.23. The van der Waals surface area contributed by atoms with Gasteiger partial charge in [0.25, 0.3) is 5.91 Å². The van der Waals surface area contributed by atoms with Crippen molar-refractivity contribution in [2.24, 2.45) is 0 Å². The molecule has 0 fully saturated rings. The lowest BCUT2D eigenvalue weighted by molar-refractivity contribution is -0.114. The predicted octanol–water partition coefficient (Wildman–Crippen LogP) is 3.24. The summed E-state index contributed by atoms with van der Waals surface area (Å²) < 4.78 is 5.24. The second kappa shape index (κ2) is 7.65. The molecule has 5 nitrogen and oxygen atoms in total. The molecule has 2 N–H and O–H groups in total. The number of hydrogen-bond acceptors (Lipinski definition) is 3. The first-order chi connectivity index (χ1) is 11.0. The summed E-state index contributed by atoms with van der Waals surface area (Å²) in [4.78, 5) is 23.1. The van der Waals surface area contributed by atoms with Gasteiger partial charge in [-0.25, -0.2) is 0 Å². The Hall–Kier alpha value is -2.53. The molecule has 0 aliphatic rings. The number of hydrogen-bond donors (Lipinski definition) is 2. The molecule has 0 heterocycles. The van der Waals surface area contributed by atoms with Gasteiger partial charge in [0.15, 0.2) is 0 Å². The molecule has 23 heavy (non-hydrogen) atoms. The number of rotatable bonds is 5. The summed E-state index contributed by atoms with van der Waals surface area (Å²) in [6.07, 6.45) is 0. The summed E-state index contributed by atoms with van der Waals surface area (Å²) in [5.41, 5.74) is 1.94. The average Bonchev–Trinajstić information content (AvgIpc) is 2.53. The summed E-state index contributed by atoms with van der Waals surface area (Å²) in [6.45, 7) is 1.73. The minimum Gasteiger partial charge on any atom is -0.496 e. The van der Waals surface area contributed by atoms with E-state index in [1.54, 1.807) is 49.6 Å². The lowest BCUT2D eigenvalue weighted by atomic mass is 10.1. The predicted molar refractivity (Wildman–Crippen MR) is 89.9 cm³/mol. The molecule has 0 spiro atoms. The van der Waals surface area contributed by atoms with Crippen molar-refractivity contribution in [3.05, 3.63) is 58.6 Å². The van der Waals surface area contributed by atoms with Crippen molar-refractivity contribution in [3.8, 4) is 5.75 Å². The Balaban J connectivity index is 2.02. The van der Waals surface area contributed by atoms with E-state index in [9.17, 15) is 9.59 Å². The molecule has 0 aliphatic heterocycles. The molecular weight excluding hydrogens is 316 g/mol. The van der Waals surface area contributed by atoms with E-state index in [2.05, 4.69) is 10.6 Å². The van der Waals surface area contributed by atoms with E-state index in [0.717, 1.165) is 5.56 Å². The van der Waals surface area contributed by atoms with Gasteiger partial charge in [-0.3, -0.25) is 9.59 Å². The van der Waals surface area contributed by atoms with Gasteiger partial charge in [-0.05, 0) is 42.5 Å². The third-order valence-electron chi connectivity index (χ3n) is 3.15. The third-order valence-corrected chi connectivity index (χ3v) is 3.38. The highest BCUT2D eigenvalue weighted by Crippen LogP contribution is 2.22. The maximum absolute atomic E-state index is 12.2. The minimum atomic E-state index is -0.221. The van der Waals surface area contributed by atoms with Crippen LogP contribution in [0.4, 0.5) is 5.69 Å². The van der Waals surface area contributed by atoms with Gasteiger partial charge in [0, 0.05) is 35.3 Å². The van der Waals surface area contributed by atoms with Crippen LogP contribution in [0, 0.1) is 0 Å². The Morgan fingerprint density at radius 1 is 1.13 bits per heavy atom. The van der Waals surface area contributed by atoms with Crippen LogP contribution in [-0.4, -0.2) is 18.9 Å². The molecule has 2 aromatic rings. The van der Waals surface area contributed by atoms with E-state index >= 15 is 0 Å². The first-order valence-corrected chi connectivity index (χ1v) is 7.35. The van der Waals surface area contributed by atoms with Gasteiger partial charge in [0.2, 0.25) is 5.91 Å². The molecule has 0 aliphatic carbocycles. The lowest BCUT2D eigenvalue weighted by Gasteiger charge is -2.10. The van der Waals surface area contributed by atoms with E-state index in [4.69, 9.17) is 16.3 Å². The van der Waals surface area contributed by atoms with Crippen molar-refractivity contribution >= 4 is 29.1 Å². The van der Waals surface area contributed by atoms with Gasteiger partial charge < -0.3 is 15.4 Å². The number of halogens is 1. The van der Waals surface area contributed by atoms with Crippen molar-refractivity contribution < 1.29 is 14.3 Å². The third kappa shape index (κ3) is 4.72. The Morgan fingerprint density at radius 2 is 1.83 bits per heavy atom. The van der Waals surface area contributed by atoms with Crippen molar-refractivity contribution in [2.45, 2.75) is 13.5 Å². The summed E-state index contributed by atoms with van der Waals surface area (Å²) in [7, 11) is 1.56. The van der Waals surface area contributed by atoms with Gasteiger partial charge >= 0.3 is 0 Å². The zero-order chi connectivity index (χ0) is 16.8. The number of methoxy groups -OCH3 is 1. The number of anilines is 1. The van der Waals surface area contributed by atoms with Gasteiger partial charge in [-0.1, -0.05) is 11.6 Å². The number of nitrogens with one attached hydrogen (secondary N) is 2. The fraction of sp³-hybridized carbons (Fsp3) is 0.176.